The van der Waals surface area contributed by atoms with E-state index in [1.54, 1.807) is 24.4 Å². The van der Waals surface area contributed by atoms with Crippen LogP contribution in [0.25, 0.3) is 16.9 Å². The average Bonchev–Trinajstić information content (AvgIpc) is 2.81. The third kappa shape index (κ3) is 2.18. The van der Waals surface area contributed by atoms with Crippen LogP contribution in [-0.4, -0.2) is 14.6 Å². The molecule has 0 bridgehead atoms. The van der Waals surface area contributed by atoms with Crippen LogP contribution in [0.15, 0.2) is 42.6 Å². The number of halogens is 3. The van der Waals surface area contributed by atoms with Gasteiger partial charge in [0.1, 0.15) is 5.82 Å². The van der Waals surface area contributed by atoms with E-state index >= 15 is 0 Å². The second kappa shape index (κ2) is 4.22. The number of alkyl halides is 3. The number of nitrogens with zero attached hydrogens (tertiary/aromatic N) is 3. The van der Waals surface area contributed by atoms with Gasteiger partial charge in [-0.2, -0.15) is 18.3 Å². The molecule has 0 unspecified atom stereocenters. The summed E-state index contributed by atoms with van der Waals surface area (Å²) in [6.45, 7) is 0. The van der Waals surface area contributed by atoms with Crippen LogP contribution in [0, 0.1) is 0 Å². The molecule has 0 aliphatic rings. The summed E-state index contributed by atoms with van der Waals surface area (Å²) in [5.74, 6) is 0.327. The van der Waals surface area contributed by atoms with Crippen LogP contribution >= 0.6 is 0 Å². The number of nitrogen functional groups attached to an aromatic ring is 1. The zero-order valence-corrected chi connectivity index (χ0v) is 10.1. The number of aromatic nitrogens is 3. The SMILES string of the molecule is Nc1ccn2nc(-c3cccc(C(F)(F)F)c3)cc2n1. The predicted molar refractivity (Wildman–Crippen MR) is 67.8 cm³/mol. The predicted octanol–water partition coefficient (Wildman–Crippen LogP) is 3.00. The van der Waals surface area contributed by atoms with Crippen molar-refractivity contribution in [2.75, 3.05) is 5.73 Å². The van der Waals surface area contributed by atoms with Crippen LogP contribution in [0.1, 0.15) is 5.56 Å². The zero-order valence-electron chi connectivity index (χ0n) is 10.1. The smallest absolute Gasteiger partial charge is 0.384 e. The van der Waals surface area contributed by atoms with Gasteiger partial charge in [-0.25, -0.2) is 9.50 Å². The Labute approximate surface area is 111 Å². The molecule has 2 aromatic heterocycles. The molecule has 102 valence electrons. The molecule has 1 aromatic carbocycles. The molecule has 0 spiro atoms. The largest absolute Gasteiger partial charge is 0.416 e. The Kier molecular flexibility index (Phi) is 2.63. The molecule has 2 N–H and O–H groups in total. The summed E-state index contributed by atoms with van der Waals surface area (Å²) in [6, 6.07) is 8.16. The molecule has 0 atom stereocenters. The van der Waals surface area contributed by atoms with Crippen molar-refractivity contribution in [2.45, 2.75) is 6.18 Å². The lowest BCUT2D eigenvalue weighted by Gasteiger charge is -2.07. The minimum absolute atomic E-state index is 0.327. The normalized spacial score (nSPS) is 11.9. The molecule has 20 heavy (non-hydrogen) atoms. The molecule has 0 saturated heterocycles. The number of nitrogens with two attached hydrogens (primary N) is 1. The number of hydrogen-bond acceptors (Lipinski definition) is 3. The highest BCUT2D eigenvalue weighted by atomic mass is 19.4. The van der Waals surface area contributed by atoms with Crippen LogP contribution in [0.4, 0.5) is 19.0 Å². The maximum Gasteiger partial charge on any atom is 0.416 e. The van der Waals surface area contributed by atoms with E-state index in [0.29, 0.717) is 22.7 Å². The Morgan fingerprint density at radius 1 is 1.10 bits per heavy atom. The number of rotatable bonds is 1. The summed E-state index contributed by atoms with van der Waals surface area (Å²) in [5.41, 5.74) is 6.12. The molecule has 0 aliphatic heterocycles. The summed E-state index contributed by atoms with van der Waals surface area (Å²) < 4.78 is 39.5. The van der Waals surface area contributed by atoms with Crippen molar-refractivity contribution in [2.24, 2.45) is 0 Å². The third-order valence-electron chi connectivity index (χ3n) is 2.83. The van der Waals surface area contributed by atoms with Crippen LogP contribution in [-0.2, 0) is 6.18 Å². The topological polar surface area (TPSA) is 56.2 Å². The van der Waals surface area contributed by atoms with Gasteiger partial charge in [0.25, 0.3) is 0 Å². The average molecular weight is 278 g/mol. The van der Waals surface area contributed by atoms with Crippen molar-refractivity contribution in [3.8, 4) is 11.3 Å². The lowest BCUT2D eigenvalue weighted by atomic mass is 10.1. The van der Waals surface area contributed by atoms with Crippen LogP contribution in [0.3, 0.4) is 0 Å². The van der Waals surface area contributed by atoms with Gasteiger partial charge in [-0.1, -0.05) is 12.1 Å². The summed E-state index contributed by atoms with van der Waals surface area (Å²) in [5, 5.41) is 4.18. The molecule has 0 radical (unpaired) electrons. The summed E-state index contributed by atoms with van der Waals surface area (Å²) in [4.78, 5) is 4.05. The highest BCUT2D eigenvalue weighted by Crippen LogP contribution is 2.31. The first-order chi connectivity index (χ1) is 9.43. The van der Waals surface area contributed by atoms with Gasteiger partial charge in [0.15, 0.2) is 5.65 Å². The first-order valence-electron chi connectivity index (χ1n) is 5.73. The van der Waals surface area contributed by atoms with E-state index in [1.165, 1.54) is 10.6 Å². The molecule has 3 aromatic rings. The van der Waals surface area contributed by atoms with Crippen molar-refractivity contribution >= 4 is 11.5 Å². The standard InChI is InChI=1S/C13H9F3N4/c14-13(15,16)9-3-1-2-8(6-9)10-7-12-18-11(17)4-5-20(12)19-10/h1-7H,(H2,17,18). The summed E-state index contributed by atoms with van der Waals surface area (Å²) >= 11 is 0. The summed E-state index contributed by atoms with van der Waals surface area (Å²) in [6.07, 6.45) is -2.77. The van der Waals surface area contributed by atoms with Crippen LogP contribution in [0.2, 0.25) is 0 Å². The zero-order chi connectivity index (χ0) is 14.3. The fraction of sp³-hybridized carbons (Fsp3) is 0.0769. The first kappa shape index (κ1) is 12.5. The van der Waals surface area contributed by atoms with E-state index in [0.717, 1.165) is 12.1 Å². The molecular weight excluding hydrogens is 269 g/mol. The Hall–Kier alpha value is -2.57. The molecule has 4 nitrogen and oxygen atoms in total. The van der Waals surface area contributed by atoms with Crippen molar-refractivity contribution < 1.29 is 13.2 Å². The summed E-state index contributed by atoms with van der Waals surface area (Å²) in [7, 11) is 0. The molecule has 0 fully saturated rings. The van der Waals surface area contributed by atoms with Crippen molar-refractivity contribution in [3.05, 3.63) is 48.2 Å². The van der Waals surface area contributed by atoms with E-state index in [9.17, 15) is 13.2 Å². The molecular formula is C13H9F3N4. The van der Waals surface area contributed by atoms with Gasteiger partial charge in [-0.15, -0.1) is 0 Å². The number of fused-ring (bicyclic) bond motifs is 1. The van der Waals surface area contributed by atoms with Crippen LogP contribution < -0.4 is 5.73 Å². The third-order valence-corrected chi connectivity index (χ3v) is 2.83. The fourth-order valence-corrected chi connectivity index (χ4v) is 1.89. The molecule has 3 rings (SSSR count). The van der Waals surface area contributed by atoms with Crippen molar-refractivity contribution in [3.63, 3.8) is 0 Å². The van der Waals surface area contributed by atoms with Gasteiger partial charge in [0.2, 0.25) is 0 Å². The maximum atomic E-state index is 12.7. The lowest BCUT2D eigenvalue weighted by molar-refractivity contribution is -0.137. The Morgan fingerprint density at radius 3 is 2.65 bits per heavy atom. The molecule has 2 heterocycles. The Bertz CT molecular complexity index is 777. The monoisotopic (exact) mass is 278 g/mol. The molecule has 0 saturated carbocycles. The van der Waals surface area contributed by atoms with Crippen molar-refractivity contribution in [1.29, 1.82) is 0 Å². The highest BCUT2D eigenvalue weighted by Gasteiger charge is 2.30. The first-order valence-corrected chi connectivity index (χ1v) is 5.73. The van der Waals surface area contributed by atoms with E-state index in [4.69, 9.17) is 5.73 Å². The lowest BCUT2D eigenvalue weighted by Crippen LogP contribution is -2.04. The number of anilines is 1. The van der Waals surface area contributed by atoms with E-state index < -0.39 is 11.7 Å². The van der Waals surface area contributed by atoms with Gasteiger partial charge in [0.05, 0.1) is 11.3 Å². The van der Waals surface area contributed by atoms with Gasteiger partial charge < -0.3 is 5.73 Å². The minimum Gasteiger partial charge on any atom is -0.384 e. The minimum atomic E-state index is -4.38. The van der Waals surface area contributed by atoms with Crippen molar-refractivity contribution in [1.82, 2.24) is 14.6 Å². The highest BCUT2D eigenvalue weighted by molar-refractivity contribution is 5.65. The van der Waals surface area contributed by atoms with Gasteiger partial charge in [-0.3, -0.25) is 0 Å². The molecule has 0 amide bonds. The maximum absolute atomic E-state index is 12.7. The number of benzene rings is 1. The number of hydrogen-bond donors (Lipinski definition) is 1. The fourth-order valence-electron chi connectivity index (χ4n) is 1.89. The van der Waals surface area contributed by atoms with Gasteiger partial charge in [0, 0.05) is 17.8 Å². The van der Waals surface area contributed by atoms with E-state index in [2.05, 4.69) is 10.1 Å². The molecule has 7 heteroatoms. The van der Waals surface area contributed by atoms with Gasteiger partial charge in [-0.05, 0) is 18.2 Å². The van der Waals surface area contributed by atoms with E-state index in [1.807, 2.05) is 0 Å². The quantitative estimate of drug-likeness (QED) is 0.744. The van der Waals surface area contributed by atoms with Gasteiger partial charge >= 0.3 is 6.18 Å². The Morgan fingerprint density at radius 2 is 1.90 bits per heavy atom. The Balaban J connectivity index is 2.11. The molecule has 0 aliphatic carbocycles. The van der Waals surface area contributed by atoms with Crippen LogP contribution in [0.5, 0.6) is 0 Å². The van der Waals surface area contributed by atoms with E-state index in [-0.39, 0.29) is 0 Å². The second-order valence-electron chi connectivity index (χ2n) is 4.26. The second-order valence-corrected chi connectivity index (χ2v) is 4.26.